The lowest BCUT2D eigenvalue weighted by atomic mass is 10.2. The van der Waals surface area contributed by atoms with E-state index in [2.05, 4.69) is 14.3 Å². The molecule has 0 bridgehead atoms. The van der Waals surface area contributed by atoms with Gasteiger partial charge in [-0.3, -0.25) is 4.79 Å². The fourth-order valence-electron chi connectivity index (χ4n) is 1.12. The Morgan fingerprint density at radius 3 is 2.30 bits per heavy atom. The molecular formula is C10H18N2O8. The van der Waals surface area contributed by atoms with Gasteiger partial charge in [-0.15, -0.1) is 10.1 Å². The van der Waals surface area contributed by atoms with Crippen LogP contribution in [0, 0.1) is 10.1 Å². The number of hydrogen-bond donors (Lipinski definition) is 2. The zero-order valence-corrected chi connectivity index (χ0v) is 10.9. The smallest absolute Gasteiger partial charge is 0.480 e. The molecule has 1 unspecified atom stereocenters. The highest BCUT2D eigenvalue weighted by Crippen LogP contribution is 2.01. The summed E-state index contributed by atoms with van der Waals surface area (Å²) in [5.74, 6) is -1.27. The van der Waals surface area contributed by atoms with E-state index in [4.69, 9.17) is 10.8 Å². The molecule has 3 N–H and O–H groups in total. The SMILES string of the molecule is NC(COC(=O)OCCCCCCO[N+](=O)[O-])C(=O)O. The van der Waals surface area contributed by atoms with Crippen LogP contribution in [0.2, 0.25) is 0 Å². The van der Waals surface area contributed by atoms with Crippen molar-refractivity contribution < 1.29 is 34.1 Å². The molecule has 1 atom stereocenters. The van der Waals surface area contributed by atoms with Crippen molar-refractivity contribution in [1.29, 1.82) is 0 Å². The van der Waals surface area contributed by atoms with Crippen LogP contribution in [0.1, 0.15) is 25.7 Å². The van der Waals surface area contributed by atoms with E-state index in [-0.39, 0.29) is 13.2 Å². The summed E-state index contributed by atoms with van der Waals surface area (Å²) in [5.41, 5.74) is 5.12. The molecule has 0 saturated heterocycles. The van der Waals surface area contributed by atoms with Crippen molar-refractivity contribution in [2.24, 2.45) is 5.73 Å². The highest BCUT2D eigenvalue weighted by atomic mass is 16.9. The van der Waals surface area contributed by atoms with Crippen LogP contribution in [0.15, 0.2) is 0 Å². The van der Waals surface area contributed by atoms with Gasteiger partial charge in [0.15, 0.2) is 0 Å². The van der Waals surface area contributed by atoms with E-state index in [1.807, 2.05) is 0 Å². The zero-order valence-electron chi connectivity index (χ0n) is 10.9. The molecule has 10 nitrogen and oxygen atoms in total. The van der Waals surface area contributed by atoms with E-state index in [1.165, 1.54) is 0 Å². The van der Waals surface area contributed by atoms with Crippen LogP contribution in [-0.4, -0.2) is 48.2 Å². The lowest BCUT2D eigenvalue weighted by molar-refractivity contribution is -0.757. The Morgan fingerprint density at radius 2 is 1.75 bits per heavy atom. The Hall–Kier alpha value is -2.10. The van der Waals surface area contributed by atoms with E-state index in [9.17, 15) is 19.7 Å². The second-order valence-corrected chi connectivity index (χ2v) is 3.83. The van der Waals surface area contributed by atoms with Gasteiger partial charge in [0.1, 0.15) is 12.6 Å². The molecule has 116 valence electrons. The molecule has 0 aliphatic carbocycles. The number of carbonyl (C=O) groups is 2. The van der Waals surface area contributed by atoms with Crippen LogP contribution in [0.3, 0.4) is 0 Å². The van der Waals surface area contributed by atoms with Crippen LogP contribution in [0.4, 0.5) is 4.79 Å². The first-order chi connectivity index (χ1) is 9.43. The van der Waals surface area contributed by atoms with Gasteiger partial charge in [-0.25, -0.2) is 4.79 Å². The first-order valence-electron chi connectivity index (χ1n) is 5.98. The van der Waals surface area contributed by atoms with Gasteiger partial charge in [0.05, 0.1) is 13.2 Å². The normalized spacial score (nSPS) is 11.4. The number of carboxylic acid groups (broad SMARTS) is 1. The number of hydrogen-bond acceptors (Lipinski definition) is 8. The van der Waals surface area contributed by atoms with Crippen LogP contribution in [-0.2, 0) is 19.1 Å². The summed E-state index contributed by atoms with van der Waals surface area (Å²) in [7, 11) is 0. The van der Waals surface area contributed by atoms with Gasteiger partial charge in [0.25, 0.3) is 5.09 Å². The topological polar surface area (TPSA) is 151 Å². The molecule has 0 fully saturated rings. The number of carbonyl (C=O) groups excluding carboxylic acids is 1. The van der Waals surface area contributed by atoms with Crippen molar-refractivity contribution in [1.82, 2.24) is 0 Å². The van der Waals surface area contributed by atoms with E-state index in [1.54, 1.807) is 0 Å². The molecule has 0 amide bonds. The number of nitrogens with zero attached hydrogens (tertiary/aromatic N) is 1. The number of unbranched alkanes of at least 4 members (excludes halogenated alkanes) is 3. The van der Waals surface area contributed by atoms with Crippen LogP contribution < -0.4 is 5.73 Å². The summed E-state index contributed by atoms with van der Waals surface area (Å²) in [6.45, 7) is -0.285. The van der Waals surface area contributed by atoms with Crippen molar-refractivity contribution in [3.63, 3.8) is 0 Å². The third kappa shape index (κ3) is 11.0. The molecule has 0 heterocycles. The largest absolute Gasteiger partial charge is 0.508 e. The lowest BCUT2D eigenvalue weighted by Crippen LogP contribution is -2.35. The Labute approximate surface area is 114 Å². The monoisotopic (exact) mass is 294 g/mol. The van der Waals surface area contributed by atoms with E-state index in [0.717, 1.165) is 0 Å². The maximum atomic E-state index is 11.0. The molecule has 0 radical (unpaired) electrons. The molecule has 0 aliphatic rings. The second-order valence-electron chi connectivity index (χ2n) is 3.83. The predicted octanol–water partition coefficient (Wildman–Crippen LogP) is 0.320. The Morgan fingerprint density at radius 1 is 1.15 bits per heavy atom. The third-order valence-electron chi connectivity index (χ3n) is 2.15. The molecule has 0 aliphatic heterocycles. The molecule has 0 aromatic rings. The Bertz CT molecular complexity index is 322. The Balaban J connectivity index is 3.35. The number of ether oxygens (including phenoxy) is 2. The first-order valence-corrected chi connectivity index (χ1v) is 5.98. The quantitative estimate of drug-likeness (QED) is 0.237. The van der Waals surface area contributed by atoms with Gasteiger partial charge >= 0.3 is 12.1 Å². The zero-order chi connectivity index (χ0) is 15.4. The molecule has 10 heteroatoms. The van der Waals surface area contributed by atoms with Crippen LogP contribution in [0.25, 0.3) is 0 Å². The molecule has 0 rings (SSSR count). The minimum atomic E-state index is -1.27. The van der Waals surface area contributed by atoms with Crippen molar-refractivity contribution >= 4 is 12.1 Å². The van der Waals surface area contributed by atoms with Gasteiger partial charge in [0, 0.05) is 0 Å². The van der Waals surface area contributed by atoms with Crippen molar-refractivity contribution in [3.8, 4) is 0 Å². The van der Waals surface area contributed by atoms with Crippen molar-refractivity contribution in [2.75, 3.05) is 19.8 Å². The molecule has 0 saturated carbocycles. The van der Waals surface area contributed by atoms with Gasteiger partial charge < -0.3 is 25.2 Å². The fourth-order valence-corrected chi connectivity index (χ4v) is 1.12. The summed E-state index contributed by atoms with van der Waals surface area (Å²) < 4.78 is 9.14. The average molecular weight is 294 g/mol. The summed E-state index contributed by atoms with van der Waals surface area (Å²) in [4.78, 5) is 35.3. The minimum Gasteiger partial charge on any atom is -0.480 e. The van der Waals surface area contributed by atoms with Gasteiger partial charge in [-0.1, -0.05) is 6.42 Å². The molecular weight excluding hydrogens is 276 g/mol. The maximum absolute atomic E-state index is 11.0. The standard InChI is InChI=1S/C10H18N2O8/c11-8(9(13)14)7-19-10(15)18-5-3-1-2-4-6-20-12(16)17/h8H,1-7,11H2,(H,13,14). The summed E-state index contributed by atoms with van der Waals surface area (Å²) in [6.07, 6.45) is 1.55. The van der Waals surface area contributed by atoms with Gasteiger partial charge in [-0.05, 0) is 19.3 Å². The van der Waals surface area contributed by atoms with Gasteiger partial charge in [-0.2, -0.15) is 0 Å². The number of carboxylic acids is 1. The highest BCUT2D eigenvalue weighted by molar-refractivity contribution is 5.73. The van der Waals surface area contributed by atoms with E-state index >= 15 is 0 Å². The van der Waals surface area contributed by atoms with Gasteiger partial charge in [0.2, 0.25) is 0 Å². The minimum absolute atomic E-state index is 0.0446. The van der Waals surface area contributed by atoms with Crippen LogP contribution in [0.5, 0.6) is 0 Å². The van der Waals surface area contributed by atoms with E-state index in [0.29, 0.717) is 25.7 Å². The average Bonchev–Trinajstić information content (AvgIpc) is 2.38. The van der Waals surface area contributed by atoms with Crippen molar-refractivity contribution in [2.45, 2.75) is 31.7 Å². The molecule has 20 heavy (non-hydrogen) atoms. The maximum Gasteiger partial charge on any atom is 0.508 e. The third-order valence-corrected chi connectivity index (χ3v) is 2.15. The summed E-state index contributed by atoms with van der Waals surface area (Å²) >= 11 is 0. The highest BCUT2D eigenvalue weighted by Gasteiger charge is 2.14. The molecule has 0 spiro atoms. The van der Waals surface area contributed by atoms with E-state index < -0.39 is 29.9 Å². The lowest BCUT2D eigenvalue weighted by Gasteiger charge is -2.08. The van der Waals surface area contributed by atoms with Crippen molar-refractivity contribution in [3.05, 3.63) is 10.1 Å². The number of aliphatic carboxylic acids is 1. The summed E-state index contributed by atoms with van der Waals surface area (Å²) in [5, 5.41) is 17.4. The van der Waals surface area contributed by atoms with Crippen LogP contribution >= 0.6 is 0 Å². The Kier molecular flexibility index (Phi) is 9.66. The summed E-state index contributed by atoms with van der Waals surface area (Å²) in [6, 6.07) is -1.27. The predicted molar refractivity (Wildman–Crippen MR) is 64.3 cm³/mol. The first kappa shape index (κ1) is 17.9. The number of rotatable bonds is 11. The molecule has 0 aromatic heterocycles. The molecule has 0 aromatic carbocycles. The number of nitrogens with two attached hydrogens (primary N) is 1. The fraction of sp³-hybridized carbons (Fsp3) is 0.800. The second kappa shape index (κ2) is 10.8.